The molecule has 0 aromatic heterocycles. The number of benzene rings is 1. The molecule has 0 fully saturated rings. The molecule has 3 N–H and O–H groups in total. The van der Waals surface area contributed by atoms with Gasteiger partial charge in [0.25, 0.3) is 0 Å². The molecule has 1 aromatic rings. The molecule has 0 radical (unpaired) electrons. The molecule has 0 saturated heterocycles. The molecule has 0 bridgehead atoms. The van der Waals surface area contributed by atoms with Gasteiger partial charge in [0.15, 0.2) is 0 Å². The van der Waals surface area contributed by atoms with Crippen LogP contribution in [0.5, 0.6) is 0 Å². The van der Waals surface area contributed by atoms with Gasteiger partial charge >= 0.3 is 0 Å². The minimum absolute atomic E-state index is 0. The molecule has 3 nitrogen and oxygen atoms in total. The summed E-state index contributed by atoms with van der Waals surface area (Å²) in [4.78, 5) is 0. The van der Waals surface area contributed by atoms with E-state index in [4.69, 9.17) is 15.3 Å². The summed E-state index contributed by atoms with van der Waals surface area (Å²) in [6, 6.07) is 9.52. The summed E-state index contributed by atoms with van der Waals surface area (Å²) in [6.07, 6.45) is 4.08. The Morgan fingerprint density at radius 1 is 0.789 bits per heavy atom. The minimum atomic E-state index is 0. The van der Waals surface area contributed by atoms with Gasteiger partial charge in [-0.05, 0) is 18.4 Å². The maximum absolute atomic E-state index is 8.54. The third-order valence-electron chi connectivity index (χ3n) is 2.05. The summed E-state index contributed by atoms with van der Waals surface area (Å²) < 4.78 is 0. The van der Waals surface area contributed by atoms with Gasteiger partial charge in [0.05, 0.1) is 6.61 Å². The summed E-state index contributed by atoms with van der Waals surface area (Å²) in [7, 11) is 0. The van der Waals surface area contributed by atoms with Crippen LogP contribution in [0.1, 0.15) is 45.1 Å². The van der Waals surface area contributed by atoms with E-state index in [0.717, 1.165) is 31.2 Å². The number of rotatable bonds is 5. The van der Waals surface area contributed by atoms with Crippen molar-refractivity contribution in [2.45, 2.75) is 46.1 Å². The normalized spacial score (nSPS) is 8.26. The van der Waals surface area contributed by atoms with E-state index in [2.05, 4.69) is 13.8 Å². The molecule has 1 rings (SSSR count). The molecule has 4 heteroatoms. The fourth-order valence-electron chi connectivity index (χ4n) is 0.900. The Bertz CT molecular complexity index is 220. The van der Waals surface area contributed by atoms with Crippen molar-refractivity contribution in [1.29, 1.82) is 0 Å². The van der Waals surface area contributed by atoms with Crippen molar-refractivity contribution in [3.8, 4) is 0 Å². The van der Waals surface area contributed by atoms with E-state index in [0.29, 0.717) is 13.2 Å². The van der Waals surface area contributed by atoms with Gasteiger partial charge < -0.3 is 15.3 Å². The molecule has 0 aliphatic rings. The molecule has 19 heavy (non-hydrogen) atoms. The van der Waals surface area contributed by atoms with Gasteiger partial charge in [0, 0.05) is 39.4 Å². The molecule has 0 atom stereocenters. The van der Waals surface area contributed by atoms with Crippen LogP contribution in [0, 0.1) is 0 Å². The largest absolute Gasteiger partial charge is 0.396 e. The van der Waals surface area contributed by atoms with Gasteiger partial charge in [-0.3, -0.25) is 0 Å². The van der Waals surface area contributed by atoms with Gasteiger partial charge in [-0.1, -0.05) is 57.0 Å². The van der Waals surface area contributed by atoms with Crippen molar-refractivity contribution < 1.29 is 41.5 Å². The van der Waals surface area contributed by atoms with Gasteiger partial charge in [0.1, 0.15) is 0 Å². The SMILES string of the molecule is CCCCO.CCCCO.OCc1ccccc1.[Zr]. The fraction of sp³-hybridized carbons (Fsp3) is 0.600. The third kappa shape index (κ3) is 23.5. The summed E-state index contributed by atoms with van der Waals surface area (Å²) in [5.41, 5.74) is 0.965. The molecule has 110 valence electrons. The Labute approximate surface area is 136 Å². The minimum Gasteiger partial charge on any atom is -0.396 e. The van der Waals surface area contributed by atoms with Crippen molar-refractivity contribution in [3.05, 3.63) is 35.9 Å². The van der Waals surface area contributed by atoms with E-state index in [1.807, 2.05) is 30.3 Å². The van der Waals surface area contributed by atoms with Crippen LogP contribution < -0.4 is 0 Å². The van der Waals surface area contributed by atoms with Crippen molar-refractivity contribution in [2.24, 2.45) is 0 Å². The molecular weight excluding hydrogens is 319 g/mol. The Balaban J connectivity index is -0.000000208. The first-order valence-corrected chi connectivity index (χ1v) is 6.63. The standard InChI is InChI=1S/C7H8O.2C4H10O.Zr/c8-6-7-4-2-1-3-5-7;2*1-2-3-4-5;/h1-5,8H,6H2;2*5H,2-4H2,1H3;. The van der Waals surface area contributed by atoms with Crippen molar-refractivity contribution in [3.63, 3.8) is 0 Å². The first-order chi connectivity index (χ1) is 8.76. The summed E-state index contributed by atoms with van der Waals surface area (Å²) in [6.45, 7) is 4.93. The second-order valence-corrected chi connectivity index (χ2v) is 3.80. The maximum Gasteiger partial charge on any atom is 0.0681 e. The van der Waals surface area contributed by atoms with Crippen molar-refractivity contribution in [1.82, 2.24) is 0 Å². The van der Waals surface area contributed by atoms with E-state index in [1.165, 1.54) is 0 Å². The second kappa shape index (κ2) is 23.1. The molecule has 0 saturated carbocycles. The van der Waals surface area contributed by atoms with E-state index in [1.54, 1.807) is 0 Å². The molecule has 0 amide bonds. The van der Waals surface area contributed by atoms with Crippen LogP contribution in [-0.4, -0.2) is 28.5 Å². The van der Waals surface area contributed by atoms with E-state index in [9.17, 15) is 0 Å². The molecule has 1 aromatic carbocycles. The average Bonchev–Trinajstić information content (AvgIpc) is 2.43. The predicted octanol–water partition coefficient (Wildman–Crippen LogP) is 2.73. The zero-order valence-electron chi connectivity index (χ0n) is 12.2. The summed E-state index contributed by atoms with van der Waals surface area (Å²) in [5.74, 6) is 0. The number of hydrogen-bond donors (Lipinski definition) is 3. The zero-order valence-corrected chi connectivity index (χ0v) is 14.6. The fourth-order valence-corrected chi connectivity index (χ4v) is 0.900. The monoisotopic (exact) mass is 346 g/mol. The van der Waals surface area contributed by atoms with Crippen molar-refractivity contribution in [2.75, 3.05) is 13.2 Å². The quantitative estimate of drug-likeness (QED) is 0.767. The van der Waals surface area contributed by atoms with Crippen LogP contribution in [0.3, 0.4) is 0 Å². The first kappa shape index (κ1) is 24.0. The van der Waals surface area contributed by atoms with Gasteiger partial charge in [-0.2, -0.15) is 0 Å². The number of aliphatic hydroxyl groups excluding tert-OH is 3. The molecule has 0 spiro atoms. The molecule has 0 aliphatic heterocycles. The smallest absolute Gasteiger partial charge is 0.0681 e. The summed E-state index contributed by atoms with van der Waals surface area (Å²) in [5, 5.41) is 24.7. The van der Waals surface area contributed by atoms with Crippen LogP contribution in [0.2, 0.25) is 0 Å². The third-order valence-corrected chi connectivity index (χ3v) is 2.05. The predicted molar refractivity (Wildman–Crippen MR) is 76.4 cm³/mol. The van der Waals surface area contributed by atoms with Crippen LogP contribution in [0.4, 0.5) is 0 Å². The Kier molecular flexibility index (Phi) is 29.2. The number of aliphatic hydroxyl groups is 3. The molecular formula is C15H28O3Zr. The Morgan fingerprint density at radius 3 is 1.37 bits per heavy atom. The van der Waals surface area contributed by atoms with E-state index in [-0.39, 0.29) is 32.8 Å². The average molecular weight is 348 g/mol. The van der Waals surface area contributed by atoms with E-state index >= 15 is 0 Å². The Morgan fingerprint density at radius 2 is 1.21 bits per heavy atom. The molecule has 0 aliphatic carbocycles. The molecule has 0 heterocycles. The van der Waals surface area contributed by atoms with Gasteiger partial charge in [-0.15, -0.1) is 0 Å². The Hall–Kier alpha value is -0.0169. The number of unbranched alkanes of at least 4 members (excludes halogenated alkanes) is 2. The molecule has 0 unspecified atom stereocenters. The second-order valence-electron chi connectivity index (χ2n) is 3.80. The van der Waals surface area contributed by atoms with Crippen molar-refractivity contribution >= 4 is 0 Å². The van der Waals surface area contributed by atoms with Gasteiger partial charge in [-0.25, -0.2) is 0 Å². The number of hydrogen-bond acceptors (Lipinski definition) is 3. The van der Waals surface area contributed by atoms with Crippen LogP contribution in [0.25, 0.3) is 0 Å². The topological polar surface area (TPSA) is 60.7 Å². The van der Waals surface area contributed by atoms with Crippen LogP contribution in [-0.2, 0) is 32.8 Å². The van der Waals surface area contributed by atoms with E-state index < -0.39 is 0 Å². The van der Waals surface area contributed by atoms with Gasteiger partial charge in [0.2, 0.25) is 0 Å². The first-order valence-electron chi connectivity index (χ1n) is 6.63. The van der Waals surface area contributed by atoms with Crippen LogP contribution in [0.15, 0.2) is 30.3 Å². The maximum atomic E-state index is 8.54. The van der Waals surface area contributed by atoms with Crippen LogP contribution >= 0.6 is 0 Å². The summed E-state index contributed by atoms with van der Waals surface area (Å²) >= 11 is 0. The zero-order chi connectivity index (χ0) is 14.1.